The molecular formula is C21H19NO. The minimum atomic E-state index is -0.154. The molecule has 0 aliphatic heterocycles. The molecule has 23 heavy (non-hydrogen) atoms. The summed E-state index contributed by atoms with van der Waals surface area (Å²) in [6.45, 7) is 2.64. The summed E-state index contributed by atoms with van der Waals surface area (Å²) >= 11 is 0. The monoisotopic (exact) mass is 301 g/mol. The summed E-state index contributed by atoms with van der Waals surface area (Å²) < 4.78 is 5.47. The van der Waals surface area contributed by atoms with E-state index in [0.29, 0.717) is 13.0 Å². The maximum absolute atomic E-state index is 9.66. The molecule has 0 aromatic heterocycles. The summed E-state index contributed by atoms with van der Waals surface area (Å²) in [6.07, 6.45) is 0.705. The van der Waals surface area contributed by atoms with Crippen LogP contribution in [0.5, 0.6) is 5.75 Å². The predicted octanol–water partition coefficient (Wildman–Crippen LogP) is 5.09. The van der Waals surface area contributed by atoms with Crippen LogP contribution < -0.4 is 4.74 Å². The van der Waals surface area contributed by atoms with E-state index in [1.165, 1.54) is 5.39 Å². The van der Waals surface area contributed by atoms with Crippen LogP contribution >= 0.6 is 0 Å². The quantitative estimate of drug-likeness (QED) is 0.657. The first kappa shape index (κ1) is 15.1. The molecule has 0 fully saturated rings. The highest BCUT2D eigenvalue weighted by Gasteiger charge is 2.14. The molecule has 0 N–H and O–H groups in total. The SMILES string of the molecule is CCOc1ccc(CC(C#N)c2cccc3ccccc23)cc1. The first-order valence-electron chi connectivity index (χ1n) is 7.91. The molecule has 1 atom stereocenters. The minimum Gasteiger partial charge on any atom is -0.494 e. The highest BCUT2D eigenvalue weighted by atomic mass is 16.5. The molecule has 3 rings (SSSR count). The molecule has 0 amide bonds. The number of ether oxygens (including phenoxy) is 1. The lowest BCUT2D eigenvalue weighted by Crippen LogP contribution is -2.01. The highest BCUT2D eigenvalue weighted by Crippen LogP contribution is 2.28. The van der Waals surface area contributed by atoms with Gasteiger partial charge in [-0.3, -0.25) is 0 Å². The average molecular weight is 301 g/mol. The van der Waals surface area contributed by atoms with Crippen molar-refractivity contribution in [3.8, 4) is 11.8 Å². The number of hydrogen-bond acceptors (Lipinski definition) is 2. The van der Waals surface area contributed by atoms with E-state index < -0.39 is 0 Å². The number of rotatable bonds is 5. The Bertz CT molecular complexity index is 825. The fourth-order valence-electron chi connectivity index (χ4n) is 2.90. The molecule has 3 aromatic carbocycles. The van der Waals surface area contributed by atoms with E-state index in [-0.39, 0.29) is 5.92 Å². The van der Waals surface area contributed by atoms with Crippen LogP contribution in [0.4, 0.5) is 0 Å². The van der Waals surface area contributed by atoms with Crippen molar-refractivity contribution in [3.63, 3.8) is 0 Å². The number of fused-ring (bicyclic) bond motifs is 1. The molecule has 2 heteroatoms. The zero-order valence-electron chi connectivity index (χ0n) is 13.2. The number of hydrogen-bond donors (Lipinski definition) is 0. The molecule has 0 aliphatic rings. The van der Waals surface area contributed by atoms with Crippen LogP contribution in [0.25, 0.3) is 10.8 Å². The zero-order valence-corrected chi connectivity index (χ0v) is 13.2. The van der Waals surface area contributed by atoms with E-state index in [1.54, 1.807) is 0 Å². The lowest BCUT2D eigenvalue weighted by atomic mass is 9.89. The molecule has 0 spiro atoms. The molecule has 3 aromatic rings. The van der Waals surface area contributed by atoms with E-state index in [2.05, 4.69) is 30.3 Å². The third-order valence-electron chi connectivity index (χ3n) is 4.03. The van der Waals surface area contributed by atoms with Gasteiger partial charge in [0.05, 0.1) is 18.6 Å². The van der Waals surface area contributed by atoms with Crippen LogP contribution in [-0.2, 0) is 6.42 Å². The molecule has 2 nitrogen and oxygen atoms in total. The van der Waals surface area contributed by atoms with Gasteiger partial charge >= 0.3 is 0 Å². The van der Waals surface area contributed by atoms with Gasteiger partial charge in [-0.1, -0.05) is 54.6 Å². The third kappa shape index (κ3) is 3.35. The van der Waals surface area contributed by atoms with Gasteiger partial charge in [-0.15, -0.1) is 0 Å². The van der Waals surface area contributed by atoms with Crippen LogP contribution in [-0.4, -0.2) is 6.61 Å². The van der Waals surface area contributed by atoms with Gasteiger partial charge in [0, 0.05) is 0 Å². The fourth-order valence-corrected chi connectivity index (χ4v) is 2.90. The van der Waals surface area contributed by atoms with E-state index in [9.17, 15) is 5.26 Å². The molecule has 0 saturated heterocycles. The smallest absolute Gasteiger partial charge is 0.119 e. The fraction of sp³-hybridized carbons (Fsp3) is 0.190. The molecule has 1 unspecified atom stereocenters. The normalized spacial score (nSPS) is 11.8. The first-order chi connectivity index (χ1) is 11.3. The second-order valence-corrected chi connectivity index (χ2v) is 5.53. The second-order valence-electron chi connectivity index (χ2n) is 5.53. The Morgan fingerprint density at radius 3 is 2.43 bits per heavy atom. The summed E-state index contributed by atoms with van der Waals surface area (Å²) in [5.41, 5.74) is 2.24. The average Bonchev–Trinajstić information content (AvgIpc) is 2.61. The Hall–Kier alpha value is -2.79. The highest BCUT2D eigenvalue weighted by molar-refractivity contribution is 5.86. The molecule has 114 valence electrons. The van der Waals surface area contributed by atoms with Gasteiger partial charge in [0.2, 0.25) is 0 Å². The van der Waals surface area contributed by atoms with Crippen LogP contribution in [0.1, 0.15) is 24.0 Å². The van der Waals surface area contributed by atoms with Crippen LogP contribution in [0.15, 0.2) is 66.7 Å². The summed E-state index contributed by atoms with van der Waals surface area (Å²) in [6, 6.07) is 24.9. The number of nitriles is 1. The molecule has 0 aliphatic carbocycles. The maximum atomic E-state index is 9.66. The van der Waals surface area contributed by atoms with Gasteiger partial charge in [-0.2, -0.15) is 5.26 Å². The van der Waals surface area contributed by atoms with Gasteiger partial charge in [-0.05, 0) is 47.4 Å². The summed E-state index contributed by atoms with van der Waals surface area (Å²) in [5, 5.41) is 12.0. The summed E-state index contributed by atoms with van der Waals surface area (Å²) in [7, 11) is 0. The molecule has 0 saturated carbocycles. The van der Waals surface area contributed by atoms with E-state index >= 15 is 0 Å². The van der Waals surface area contributed by atoms with Gasteiger partial charge in [0.1, 0.15) is 5.75 Å². The van der Waals surface area contributed by atoms with Crippen molar-refractivity contribution in [2.45, 2.75) is 19.3 Å². The maximum Gasteiger partial charge on any atom is 0.119 e. The van der Waals surface area contributed by atoms with Gasteiger partial charge in [-0.25, -0.2) is 0 Å². The van der Waals surface area contributed by atoms with Crippen molar-refractivity contribution in [1.82, 2.24) is 0 Å². The van der Waals surface area contributed by atoms with Crippen molar-refractivity contribution >= 4 is 10.8 Å². The Morgan fingerprint density at radius 2 is 1.70 bits per heavy atom. The minimum absolute atomic E-state index is 0.154. The van der Waals surface area contributed by atoms with Gasteiger partial charge < -0.3 is 4.74 Å². The lowest BCUT2D eigenvalue weighted by molar-refractivity contribution is 0.340. The molecule has 0 heterocycles. The Kier molecular flexibility index (Phi) is 4.59. The van der Waals surface area contributed by atoms with Gasteiger partial charge in [0.15, 0.2) is 0 Å². The summed E-state index contributed by atoms with van der Waals surface area (Å²) in [4.78, 5) is 0. The molecular weight excluding hydrogens is 282 g/mol. The lowest BCUT2D eigenvalue weighted by Gasteiger charge is -2.13. The van der Waals surface area contributed by atoms with Crippen molar-refractivity contribution in [1.29, 1.82) is 5.26 Å². The standard InChI is InChI=1S/C21H19NO/c1-2-23-19-12-10-16(11-13-19)14-18(15-22)21-9-5-7-17-6-3-4-8-20(17)21/h3-13,18H,2,14H2,1H3. The van der Waals surface area contributed by atoms with Crippen molar-refractivity contribution in [2.24, 2.45) is 0 Å². The largest absolute Gasteiger partial charge is 0.494 e. The Balaban J connectivity index is 1.89. The van der Waals surface area contributed by atoms with Crippen LogP contribution in [0.2, 0.25) is 0 Å². The van der Waals surface area contributed by atoms with Crippen LogP contribution in [0, 0.1) is 11.3 Å². The summed E-state index contributed by atoms with van der Waals surface area (Å²) in [5.74, 6) is 0.717. The zero-order chi connectivity index (χ0) is 16.1. The van der Waals surface area contributed by atoms with E-state index in [4.69, 9.17) is 4.74 Å². The van der Waals surface area contributed by atoms with Crippen molar-refractivity contribution in [3.05, 3.63) is 77.9 Å². The Labute approximate surface area is 137 Å². The Morgan fingerprint density at radius 1 is 0.957 bits per heavy atom. The molecule has 0 bridgehead atoms. The number of benzene rings is 3. The first-order valence-corrected chi connectivity index (χ1v) is 7.91. The van der Waals surface area contributed by atoms with E-state index in [1.807, 2.05) is 49.4 Å². The molecule has 0 radical (unpaired) electrons. The van der Waals surface area contributed by atoms with Crippen LogP contribution in [0.3, 0.4) is 0 Å². The topological polar surface area (TPSA) is 33.0 Å². The second kappa shape index (κ2) is 6.98. The predicted molar refractivity (Wildman–Crippen MR) is 93.6 cm³/mol. The van der Waals surface area contributed by atoms with E-state index in [0.717, 1.165) is 22.3 Å². The van der Waals surface area contributed by atoms with Gasteiger partial charge in [0.25, 0.3) is 0 Å². The van der Waals surface area contributed by atoms with Crippen molar-refractivity contribution in [2.75, 3.05) is 6.61 Å². The third-order valence-corrected chi connectivity index (χ3v) is 4.03. The number of nitrogens with zero attached hydrogens (tertiary/aromatic N) is 1. The van der Waals surface area contributed by atoms with Crippen molar-refractivity contribution < 1.29 is 4.74 Å².